The van der Waals surface area contributed by atoms with Gasteiger partial charge in [-0.15, -0.1) is 6.42 Å². The molecule has 1 N–H and O–H groups in total. The van der Waals surface area contributed by atoms with E-state index < -0.39 is 0 Å². The second-order valence-electron chi connectivity index (χ2n) is 8.43. The summed E-state index contributed by atoms with van der Waals surface area (Å²) in [5, 5.41) is 10.7. The lowest BCUT2D eigenvalue weighted by molar-refractivity contribution is -0.0415. The van der Waals surface area contributed by atoms with Crippen LogP contribution in [0.2, 0.25) is 0 Å². The van der Waals surface area contributed by atoms with Gasteiger partial charge in [-0.2, -0.15) is 0 Å². The molecule has 0 aromatic carbocycles. The van der Waals surface area contributed by atoms with Gasteiger partial charge in [0.05, 0.1) is 0 Å². The normalized spacial score (nSPS) is 49.0. The number of terminal acetylenes is 1. The van der Waals surface area contributed by atoms with Crippen LogP contribution in [0.4, 0.5) is 0 Å². The molecule has 4 aliphatic carbocycles. The molecule has 1 unspecified atom stereocenters. The number of aliphatic hydroxyl groups is 1. The molecule has 1 nitrogen and oxygen atoms in total. The summed E-state index contributed by atoms with van der Waals surface area (Å²) in [6, 6.07) is 0. The summed E-state index contributed by atoms with van der Waals surface area (Å²) >= 11 is 0. The maximum atomic E-state index is 10.7. The highest BCUT2D eigenvalue weighted by Gasteiger charge is 2.54. The first kappa shape index (κ1) is 13.7. The van der Waals surface area contributed by atoms with Crippen LogP contribution >= 0.6 is 0 Å². The van der Waals surface area contributed by atoms with Crippen LogP contribution < -0.4 is 0 Å². The van der Waals surface area contributed by atoms with Gasteiger partial charge in [-0.1, -0.05) is 19.3 Å². The Kier molecular flexibility index (Phi) is 3.14. The molecule has 6 atom stereocenters. The van der Waals surface area contributed by atoms with E-state index in [1.807, 2.05) is 0 Å². The molecule has 4 rings (SSSR count). The SMILES string of the molecule is C#CC1=C(O)[C@H]2C(CC1)CC[C@@H]1[C@@H]2CC[C@]2(C)CCC[C@@H]12. The first-order valence-electron chi connectivity index (χ1n) is 9.02. The van der Waals surface area contributed by atoms with Gasteiger partial charge in [-0.3, -0.25) is 0 Å². The summed E-state index contributed by atoms with van der Waals surface area (Å²) in [4.78, 5) is 0. The molecule has 0 saturated heterocycles. The molecule has 3 saturated carbocycles. The van der Waals surface area contributed by atoms with Crippen LogP contribution in [0, 0.1) is 47.3 Å². The number of fused-ring (bicyclic) bond motifs is 5. The highest BCUT2D eigenvalue weighted by Crippen LogP contribution is 2.62. The van der Waals surface area contributed by atoms with E-state index in [1.165, 1.54) is 51.4 Å². The van der Waals surface area contributed by atoms with Crippen molar-refractivity contribution in [3.8, 4) is 12.3 Å². The fourth-order valence-electron chi connectivity index (χ4n) is 6.66. The van der Waals surface area contributed by atoms with Crippen LogP contribution in [0.3, 0.4) is 0 Å². The van der Waals surface area contributed by atoms with Gasteiger partial charge in [0.25, 0.3) is 0 Å². The fraction of sp³-hybridized carbons (Fsp3) is 0.800. The van der Waals surface area contributed by atoms with Crippen LogP contribution in [0.5, 0.6) is 0 Å². The Morgan fingerprint density at radius 2 is 1.95 bits per heavy atom. The van der Waals surface area contributed by atoms with Crippen molar-refractivity contribution in [2.45, 2.75) is 64.7 Å². The number of hydrogen-bond donors (Lipinski definition) is 1. The maximum absolute atomic E-state index is 10.7. The van der Waals surface area contributed by atoms with Crippen LogP contribution in [-0.2, 0) is 0 Å². The molecule has 0 amide bonds. The Hall–Kier alpha value is -0.900. The smallest absolute Gasteiger partial charge is 0.107 e. The molecule has 0 spiro atoms. The average Bonchev–Trinajstić information content (AvgIpc) is 2.89. The maximum Gasteiger partial charge on any atom is 0.107 e. The van der Waals surface area contributed by atoms with Crippen LogP contribution in [0.25, 0.3) is 0 Å². The zero-order valence-electron chi connectivity index (χ0n) is 13.3. The molecule has 0 bridgehead atoms. The summed E-state index contributed by atoms with van der Waals surface area (Å²) in [5.74, 6) is 6.96. The van der Waals surface area contributed by atoms with E-state index in [0.717, 1.165) is 23.8 Å². The van der Waals surface area contributed by atoms with Crippen molar-refractivity contribution >= 4 is 0 Å². The summed E-state index contributed by atoms with van der Waals surface area (Å²) < 4.78 is 0. The molecule has 0 heterocycles. The highest BCUT2D eigenvalue weighted by atomic mass is 16.3. The summed E-state index contributed by atoms with van der Waals surface area (Å²) in [6.45, 7) is 2.54. The predicted molar refractivity (Wildman–Crippen MR) is 85.6 cm³/mol. The molecule has 0 aromatic heterocycles. The monoisotopic (exact) mass is 284 g/mol. The molecule has 0 radical (unpaired) electrons. The Balaban J connectivity index is 1.67. The number of rotatable bonds is 0. The standard InChI is InChI=1S/C20H28O/c1-3-13-6-7-14-8-9-15-16(18(14)19(13)21)10-12-20(2)11-4-5-17(15)20/h1,14-18,21H,4-12H2,2H3/t14?,15-,16+,17+,18+,20+/m1/s1. The van der Waals surface area contributed by atoms with Crippen molar-refractivity contribution < 1.29 is 5.11 Å². The van der Waals surface area contributed by atoms with Crippen molar-refractivity contribution in [3.63, 3.8) is 0 Å². The molecule has 21 heavy (non-hydrogen) atoms. The third-order valence-electron chi connectivity index (χ3n) is 7.68. The topological polar surface area (TPSA) is 20.2 Å². The van der Waals surface area contributed by atoms with E-state index in [4.69, 9.17) is 6.42 Å². The van der Waals surface area contributed by atoms with Crippen molar-refractivity contribution in [2.75, 3.05) is 0 Å². The van der Waals surface area contributed by atoms with Crippen molar-refractivity contribution in [1.82, 2.24) is 0 Å². The lowest BCUT2D eigenvalue weighted by Gasteiger charge is -2.54. The van der Waals surface area contributed by atoms with Gasteiger partial charge in [0.1, 0.15) is 5.76 Å². The molecular formula is C20H28O. The lowest BCUT2D eigenvalue weighted by Crippen LogP contribution is -2.47. The quantitative estimate of drug-likeness (QED) is 0.615. The molecular weight excluding hydrogens is 256 g/mol. The van der Waals surface area contributed by atoms with Crippen LogP contribution in [0.1, 0.15) is 64.7 Å². The molecule has 3 fully saturated rings. The van der Waals surface area contributed by atoms with Gasteiger partial charge in [-0.05, 0) is 80.5 Å². The first-order chi connectivity index (χ1) is 10.1. The minimum atomic E-state index is 0.397. The zero-order valence-corrected chi connectivity index (χ0v) is 13.3. The Morgan fingerprint density at radius 3 is 2.76 bits per heavy atom. The lowest BCUT2D eigenvalue weighted by atomic mass is 9.51. The minimum Gasteiger partial charge on any atom is -0.511 e. The number of aliphatic hydroxyl groups excluding tert-OH is 1. The molecule has 0 aromatic rings. The van der Waals surface area contributed by atoms with Crippen LogP contribution in [-0.4, -0.2) is 5.11 Å². The summed E-state index contributed by atoms with van der Waals surface area (Å²) in [7, 11) is 0. The van der Waals surface area contributed by atoms with Crippen LogP contribution in [0.15, 0.2) is 11.3 Å². The van der Waals surface area contributed by atoms with Crippen molar-refractivity contribution in [2.24, 2.45) is 35.0 Å². The second kappa shape index (κ2) is 4.80. The van der Waals surface area contributed by atoms with E-state index in [2.05, 4.69) is 12.8 Å². The van der Waals surface area contributed by atoms with Gasteiger partial charge in [-0.25, -0.2) is 0 Å². The van der Waals surface area contributed by atoms with E-state index >= 15 is 0 Å². The van der Waals surface area contributed by atoms with E-state index in [9.17, 15) is 5.11 Å². The zero-order chi connectivity index (χ0) is 14.6. The van der Waals surface area contributed by atoms with E-state index in [0.29, 0.717) is 28.9 Å². The van der Waals surface area contributed by atoms with E-state index in [1.54, 1.807) is 0 Å². The third kappa shape index (κ3) is 1.91. The first-order valence-corrected chi connectivity index (χ1v) is 9.02. The third-order valence-corrected chi connectivity index (χ3v) is 7.68. The Labute approximate surface area is 129 Å². The number of hydrogen-bond acceptors (Lipinski definition) is 1. The highest BCUT2D eigenvalue weighted by molar-refractivity contribution is 5.32. The fourth-order valence-corrected chi connectivity index (χ4v) is 6.66. The summed E-state index contributed by atoms with van der Waals surface area (Å²) in [5.41, 5.74) is 1.52. The molecule has 0 aliphatic heterocycles. The molecule has 4 aliphatic rings. The second-order valence-corrected chi connectivity index (χ2v) is 8.43. The largest absolute Gasteiger partial charge is 0.511 e. The average molecular weight is 284 g/mol. The van der Waals surface area contributed by atoms with Gasteiger partial charge in [0.2, 0.25) is 0 Å². The summed E-state index contributed by atoms with van der Waals surface area (Å²) in [6.07, 6.45) is 17.5. The number of allylic oxidation sites excluding steroid dienone is 2. The predicted octanol–water partition coefficient (Wildman–Crippen LogP) is 5.08. The van der Waals surface area contributed by atoms with Gasteiger partial charge in [0.15, 0.2) is 0 Å². The van der Waals surface area contributed by atoms with E-state index in [-0.39, 0.29) is 0 Å². The molecule has 1 heteroatoms. The molecule has 114 valence electrons. The van der Waals surface area contributed by atoms with Gasteiger partial charge in [0, 0.05) is 11.5 Å². The van der Waals surface area contributed by atoms with Gasteiger partial charge < -0.3 is 5.11 Å². The van der Waals surface area contributed by atoms with Crippen molar-refractivity contribution in [1.29, 1.82) is 0 Å². The minimum absolute atomic E-state index is 0.397. The van der Waals surface area contributed by atoms with Crippen molar-refractivity contribution in [3.05, 3.63) is 11.3 Å². The Bertz CT molecular complexity index is 510. The van der Waals surface area contributed by atoms with Gasteiger partial charge >= 0.3 is 0 Å². The Morgan fingerprint density at radius 1 is 1.10 bits per heavy atom.